The zero-order valence-corrected chi connectivity index (χ0v) is 17.6. The molecule has 1 saturated heterocycles. The van der Waals surface area contributed by atoms with Crippen molar-refractivity contribution in [1.29, 1.82) is 0 Å². The molecule has 2 aromatic carbocycles. The van der Waals surface area contributed by atoms with Crippen LogP contribution in [0.15, 0.2) is 58.4 Å². The third kappa shape index (κ3) is 4.11. The molecule has 2 aliphatic rings. The molecule has 9 heteroatoms. The number of hydrogen-bond donors (Lipinski definition) is 1. The summed E-state index contributed by atoms with van der Waals surface area (Å²) in [4.78, 5) is 21.2. The van der Waals surface area contributed by atoms with E-state index in [0.29, 0.717) is 18.7 Å². The van der Waals surface area contributed by atoms with E-state index >= 15 is 0 Å². The van der Waals surface area contributed by atoms with Gasteiger partial charge in [-0.3, -0.25) is 14.5 Å². The quantitative estimate of drug-likeness (QED) is 0.796. The fraction of sp³-hybridized carbons (Fsp3) is 0.333. The molecule has 0 radical (unpaired) electrons. The Morgan fingerprint density at radius 1 is 1.07 bits per heavy atom. The van der Waals surface area contributed by atoms with Crippen molar-refractivity contribution in [2.45, 2.75) is 11.3 Å². The van der Waals surface area contributed by atoms with E-state index in [-0.39, 0.29) is 23.2 Å². The molecule has 0 bridgehead atoms. The van der Waals surface area contributed by atoms with Crippen LogP contribution < -0.4 is 14.4 Å². The van der Waals surface area contributed by atoms with Crippen molar-refractivity contribution in [2.75, 3.05) is 44.7 Å². The second-order valence-corrected chi connectivity index (χ2v) is 8.84. The first kappa shape index (κ1) is 20.2. The van der Waals surface area contributed by atoms with Crippen molar-refractivity contribution in [2.24, 2.45) is 4.99 Å². The van der Waals surface area contributed by atoms with Crippen LogP contribution in [0.25, 0.3) is 0 Å². The topological polar surface area (TPSA) is 91.3 Å². The third-order valence-electron chi connectivity index (χ3n) is 5.32. The maximum absolute atomic E-state index is 12.7. The summed E-state index contributed by atoms with van der Waals surface area (Å²) in [6.45, 7) is 2.74. The van der Waals surface area contributed by atoms with E-state index in [0.717, 1.165) is 30.9 Å². The minimum atomic E-state index is -3.60. The van der Waals surface area contributed by atoms with Crippen molar-refractivity contribution in [3.63, 3.8) is 0 Å². The van der Waals surface area contributed by atoms with Crippen molar-refractivity contribution >= 4 is 27.5 Å². The highest BCUT2D eigenvalue weighted by Gasteiger charge is 2.30. The molecule has 0 unspecified atom stereocenters. The Labute approximate surface area is 176 Å². The average Bonchev–Trinajstić information content (AvgIpc) is 2.91. The summed E-state index contributed by atoms with van der Waals surface area (Å²) in [5.74, 6) is 0.935. The number of carbonyl (C=O) groups excluding carboxylic acids is 1. The van der Waals surface area contributed by atoms with E-state index in [1.807, 2.05) is 24.3 Å². The van der Waals surface area contributed by atoms with Crippen LogP contribution in [0.5, 0.6) is 5.75 Å². The van der Waals surface area contributed by atoms with Gasteiger partial charge in [0.1, 0.15) is 18.1 Å². The Bertz CT molecular complexity index is 1070. The highest BCUT2D eigenvalue weighted by atomic mass is 32.2. The van der Waals surface area contributed by atoms with Gasteiger partial charge in [0, 0.05) is 37.4 Å². The molecule has 0 spiro atoms. The first-order chi connectivity index (χ1) is 14.5. The number of amides is 1. The van der Waals surface area contributed by atoms with Gasteiger partial charge in [-0.25, -0.2) is 8.42 Å². The average molecular weight is 429 g/mol. The predicted octanol–water partition coefficient (Wildman–Crippen LogP) is 1.47. The van der Waals surface area contributed by atoms with Crippen molar-refractivity contribution in [3.8, 4) is 5.75 Å². The smallest absolute Gasteiger partial charge is 0.263 e. The van der Waals surface area contributed by atoms with Crippen LogP contribution in [0.1, 0.15) is 12.0 Å². The minimum absolute atomic E-state index is 0.0886. The summed E-state index contributed by atoms with van der Waals surface area (Å²) < 4.78 is 32.0. The molecule has 0 aliphatic carbocycles. The lowest BCUT2D eigenvalue weighted by molar-refractivity contribution is -0.129. The SMILES string of the molecule is COc1ccc(N2CCCN(C(=O)CN=C3NS(=O)(=O)c4ccccc43)CC2)cc1. The van der Waals surface area contributed by atoms with Gasteiger partial charge in [-0.2, -0.15) is 0 Å². The fourth-order valence-electron chi connectivity index (χ4n) is 3.72. The highest BCUT2D eigenvalue weighted by Crippen LogP contribution is 2.23. The Balaban J connectivity index is 1.39. The zero-order valence-electron chi connectivity index (χ0n) is 16.7. The molecule has 158 valence electrons. The molecule has 1 amide bonds. The number of nitrogens with zero attached hydrogens (tertiary/aromatic N) is 3. The molecule has 1 N–H and O–H groups in total. The maximum Gasteiger partial charge on any atom is 0.263 e. The van der Waals surface area contributed by atoms with Crippen LogP contribution in [0.4, 0.5) is 5.69 Å². The van der Waals surface area contributed by atoms with Crippen LogP contribution in [0.3, 0.4) is 0 Å². The van der Waals surface area contributed by atoms with E-state index in [4.69, 9.17) is 4.74 Å². The van der Waals surface area contributed by atoms with E-state index < -0.39 is 10.0 Å². The standard InChI is InChI=1S/C21H24N4O4S/c1-29-17-9-7-16(8-10-17)24-11-4-12-25(14-13-24)20(26)15-22-21-18-5-2-3-6-19(18)30(27,28)23-21/h2-3,5-10H,4,11-15H2,1H3,(H,22,23). The largest absolute Gasteiger partial charge is 0.497 e. The van der Waals surface area contributed by atoms with Crippen LogP contribution in [0, 0.1) is 0 Å². The van der Waals surface area contributed by atoms with Crippen molar-refractivity contribution < 1.29 is 17.9 Å². The first-order valence-corrected chi connectivity index (χ1v) is 11.3. The van der Waals surface area contributed by atoms with Crippen LogP contribution in [-0.4, -0.2) is 64.9 Å². The Kier molecular flexibility index (Phi) is 5.63. The molecular formula is C21H24N4O4S. The summed E-state index contributed by atoms with van der Waals surface area (Å²) >= 11 is 0. The monoisotopic (exact) mass is 428 g/mol. The number of aliphatic imine (C=N–C) groups is 1. The minimum Gasteiger partial charge on any atom is -0.497 e. The maximum atomic E-state index is 12.7. The fourth-order valence-corrected chi connectivity index (χ4v) is 4.97. The lowest BCUT2D eigenvalue weighted by Gasteiger charge is -2.23. The van der Waals surface area contributed by atoms with Gasteiger partial charge in [0.2, 0.25) is 5.91 Å². The molecule has 0 aromatic heterocycles. The van der Waals surface area contributed by atoms with Gasteiger partial charge < -0.3 is 14.5 Å². The molecular weight excluding hydrogens is 404 g/mol. The number of amidine groups is 1. The number of rotatable bonds is 4. The van der Waals surface area contributed by atoms with Gasteiger partial charge in [-0.1, -0.05) is 12.1 Å². The second kappa shape index (κ2) is 8.35. The van der Waals surface area contributed by atoms with E-state index in [2.05, 4.69) is 14.6 Å². The van der Waals surface area contributed by atoms with Crippen molar-refractivity contribution in [3.05, 3.63) is 54.1 Å². The van der Waals surface area contributed by atoms with Gasteiger partial charge in [-0.05, 0) is 42.8 Å². The molecule has 2 aromatic rings. The molecule has 2 aliphatic heterocycles. The van der Waals surface area contributed by atoms with Crippen molar-refractivity contribution in [1.82, 2.24) is 9.62 Å². The van der Waals surface area contributed by atoms with Crippen LogP contribution in [0.2, 0.25) is 0 Å². The number of anilines is 1. The normalized spacial score (nSPS) is 19.2. The summed E-state index contributed by atoms with van der Waals surface area (Å²) in [7, 11) is -1.96. The Morgan fingerprint density at radius 3 is 2.60 bits per heavy atom. The molecule has 1 fully saturated rings. The van der Waals surface area contributed by atoms with Gasteiger partial charge in [0.15, 0.2) is 0 Å². The molecule has 4 rings (SSSR count). The molecule has 0 saturated carbocycles. The highest BCUT2D eigenvalue weighted by molar-refractivity contribution is 7.90. The number of carbonyl (C=O) groups is 1. The van der Waals surface area contributed by atoms with Gasteiger partial charge in [-0.15, -0.1) is 0 Å². The number of ether oxygens (including phenoxy) is 1. The number of nitrogens with one attached hydrogen (secondary N) is 1. The van der Waals surface area contributed by atoms with Gasteiger partial charge in [0.25, 0.3) is 10.0 Å². The molecule has 0 atom stereocenters. The summed E-state index contributed by atoms with van der Waals surface area (Å²) in [6.07, 6.45) is 0.851. The molecule has 30 heavy (non-hydrogen) atoms. The summed E-state index contributed by atoms with van der Waals surface area (Å²) in [5, 5.41) is 0. The Morgan fingerprint density at radius 2 is 1.83 bits per heavy atom. The molecule has 2 heterocycles. The number of fused-ring (bicyclic) bond motifs is 1. The van der Waals surface area contributed by atoms with Gasteiger partial charge in [0.05, 0.1) is 12.0 Å². The molecule has 8 nitrogen and oxygen atoms in total. The lowest BCUT2D eigenvalue weighted by atomic mass is 10.2. The number of methoxy groups -OCH3 is 1. The van der Waals surface area contributed by atoms with E-state index in [9.17, 15) is 13.2 Å². The second-order valence-electron chi connectivity index (χ2n) is 7.19. The van der Waals surface area contributed by atoms with Crippen LogP contribution >= 0.6 is 0 Å². The van der Waals surface area contributed by atoms with E-state index in [1.54, 1.807) is 30.2 Å². The predicted molar refractivity (Wildman–Crippen MR) is 115 cm³/mol. The summed E-state index contributed by atoms with van der Waals surface area (Å²) in [5.41, 5.74) is 1.61. The number of hydrogen-bond acceptors (Lipinski definition) is 6. The number of sulfonamides is 1. The summed E-state index contributed by atoms with van der Waals surface area (Å²) in [6, 6.07) is 14.5. The third-order valence-corrected chi connectivity index (χ3v) is 6.72. The van der Waals surface area contributed by atoms with E-state index in [1.165, 1.54) is 6.07 Å². The number of benzene rings is 2. The zero-order chi connectivity index (χ0) is 21.1. The van der Waals surface area contributed by atoms with Crippen LogP contribution in [-0.2, 0) is 14.8 Å². The Hall–Kier alpha value is -3.07. The first-order valence-electron chi connectivity index (χ1n) is 9.81. The van der Waals surface area contributed by atoms with Gasteiger partial charge >= 0.3 is 0 Å². The lowest BCUT2D eigenvalue weighted by Crippen LogP contribution is -2.37.